The predicted octanol–water partition coefficient (Wildman–Crippen LogP) is 0.973. The summed E-state index contributed by atoms with van der Waals surface area (Å²) in [6, 6.07) is 0. The monoisotopic (exact) mass is 184 g/mol. The maximum Gasteiger partial charge on any atom is 0.264 e. The van der Waals surface area contributed by atoms with Crippen LogP contribution in [0, 0.1) is 0 Å². The third kappa shape index (κ3) is 8.26. The zero-order valence-corrected chi connectivity index (χ0v) is 7.53. The minimum absolute atomic E-state index is 0.155. The molecule has 5 heteroatoms. The van der Waals surface area contributed by atoms with Crippen LogP contribution < -0.4 is 0 Å². The number of rotatable bonds is 4. The zero-order valence-electron chi connectivity index (χ0n) is 5.82. The fourth-order valence-corrected chi connectivity index (χ4v) is 1.28. The first-order valence-corrected chi connectivity index (χ1v) is 5.17. The van der Waals surface area contributed by atoms with Gasteiger partial charge in [0, 0.05) is 0 Å². The Labute approximate surface area is 67.0 Å². The van der Waals surface area contributed by atoms with Gasteiger partial charge in [0.2, 0.25) is 0 Å². The first-order valence-electron chi connectivity index (χ1n) is 3.05. The molecule has 0 rings (SSSR count). The van der Waals surface area contributed by atoms with Gasteiger partial charge < -0.3 is 0 Å². The van der Waals surface area contributed by atoms with E-state index in [0.29, 0.717) is 12.8 Å². The highest BCUT2D eigenvalue weighted by atomic mass is 32.2. The van der Waals surface area contributed by atoms with Gasteiger partial charge in [0.1, 0.15) is 0 Å². The van der Waals surface area contributed by atoms with Crippen LogP contribution >= 0.6 is 12.6 Å². The van der Waals surface area contributed by atoms with Crippen molar-refractivity contribution >= 4 is 22.7 Å². The van der Waals surface area contributed by atoms with Crippen molar-refractivity contribution in [3.05, 3.63) is 0 Å². The van der Waals surface area contributed by atoms with Crippen LogP contribution in [0.4, 0.5) is 0 Å². The average Bonchev–Trinajstić information content (AvgIpc) is 1.59. The topological polar surface area (TPSA) is 54.4 Å². The highest BCUT2D eigenvalue weighted by molar-refractivity contribution is 7.85. The number of hydrogen-bond donors (Lipinski definition) is 2. The molecule has 0 saturated carbocycles. The molecule has 1 atom stereocenters. The highest BCUT2D eigenvalue weighted by Gasteiger charge is 2.04. The number of thiol groups is 1. The Kier molecular flexibility index (Phi) is 4.31. The summed E-state index contributed by atoms with van der Waals surface area (Å²) in [5.41, 5.74) is 0. The normalized spacial score (nSPS) is 15.1. The Morgan fingerprint density at radius 1 is 1.60 bits per heavy atom. The lowest BCUT2D eigenvalue weighted by molar-refractivity contribution is 0.480. The van der Waals surface area contributed by atoms with Gasteiger partial charge >= 0.3 is 0 Å². The van der Waals surface area contributed by atoms with E-state index in [4.69, 9.17) is 4.55 Å². The molecule has 0 aliphatic rings. The second kappa shape index (κ2) is 4.20. The molecule has 0 heterocycles. The Morgan fingerprint density at radius 3 is 2.40 bits per heavy atom. The van der Waals surface area contributed by atoms with E-state index in [0.717, 1.165) is 0 Å². The Morgan fingerprint density at radius 2 is 2.10 bits per heavy atom. The molecule has 0 fully saturated rings. The zero-order chi connectivity index (χ0) is 8.20. The molecule has 0 aromatic heterocycles. The summed E-state index contributed by atoms with van der Waals surface area (Å²) in [5, 5.41) is 0.196. The fourth-order valence-electron chi connectivity index (χ4n) is 0.561. The molecule has 0 amide bonds. The second-order valence-electron chi connectivity index (χ2n) is 2.28. The largest absolute Gasteiger partial charge is 0.286 e. The predicted molar refractivity (Wildman–Crippen MR) is 44.1 cm³/mol. The molecule has 3 nitrogen and oxygen atoms in total. The summed E-state index contributed by atoms with van der Waals surface area (Å²) in [4.78, 5) is 0. The van der Waals surface area contributed by atoms with Crippen LogP contribution in [0.2, 0.25) is 0 Å². The van der Waals surface area contributed by atoms with E-state index >= 15 is 0 Å². The summed E-state index contributed by atoms with van der Waals surface area (Å²) in [6.45, 7) is 1.88. The minimum atomic E-state index is -3.75. The lowest BCUT2D eigenvalue weighted by Crippen LogP contribution is -2.05. The van der Waals surface area contributed by atoms with Gasteiger partial charge in [-0.3, -0.25) is 4.55 Å². The molecular weight excluding hydrogens is 172 g/mol. The summed E-state index contributed by atoms with van der Waals surface area (Å²) in [5.74, 6) is -0.155. The van der Waals surface area contributed by atoms with Crippen LogP contribution in [0.25, 0.3) is 0 Å². The van der Waals surface area contributed by atoms with Gasteiger partial charge in [-0.2, -0.15) is 21.0 Å². The summed E-state index contributed by atoms with van der Waals surface area (Å²) < 4.78 is 28.6. The standard InChI is InChI=1S/C5H12O3S2/c1-5(9)3-2-4-10(6,7)8/h5,9H,2-4H2,1H3,(H,6,7,8). The molecule has 0 bridgehead atoms. The third-order valence-corrected chi connectivity index (χ3v) is 2.09. The van der Waals surface area contributed by atoms with Crippen molar-refractivity contribution in [1.82, 2.24) is 0 Å². The van der Waals surface area contributed by atoms with Crippen molar-refractivity contribution in [2.24, 2.45) is 0 Å². The van der Waals surface area contributed by atoms with Crippen molar-refractivity contribution in [2.45, 2.75) is 25.0 Å². The first-order chi connectivity index (χ1) is 4.42. The Balaban J connectivity index is 3.39. The van der Waals surface area contributed by atoms with Gasteiger partial charge in [0.15, 0.2) is 0 Å². The molecule has 0 aliphatic carbocycles. The van der Waals surface area contributed by atoms with E-state index in [1.165, 1.54) is 0 Å². The van der Waals surface area contributed by atoms with E-state index in [9.17, 15) is 8.42 Å². The lowest BCUT2D eigenvalue weighted by Gasteiger charge is -2.00. The molecule has 62 valence electrons. The molecule has 0 saturated heterocycles. The van der Waals surface area contributed by atoms with E-state index in [2.05, 4.69) is 12.6 Å². The van der Waals surface area contributed by atoms with E-state index in [1.807, 2.05) is 6.92 Å². The fraction of sp³-hybridized carbons (Fsp3) is 1.00. The SMILES string of the molecule is CC(S)CCCS(=O)(=O)O. The molecular formula is C5H12O3S2. The highest BCUT2D eigenvalue weighted by Crippen LogP contribution is 2.03. The van der Waals surface area contributed by atoms with Crippen LogP contribution in [0.3, 0.4) is 0 Å². The van der Waals surface area contributed by atoms with Crippen molar-refractivity contribution in [1.29, 1.82) is 0 Å². The van der Waals surface area contributed by atoms with Crippen molar-refractivity contribution < 1.29 is 13.0 Å². The van der Waals surface area contributed by atoms with E-state index < -0.39 is 10.1 Å². The van der Waals surface area contributed by atoms with Crippen LogP contribution in [0.5, 0.6) is 0 Å². The molecule has 1 N–H and O–H groups in total. The van der Waals surface area contributed by atoms with Crippen LogP contribution in [-0.4, -0.2) is 24.0 Å². The molecule has 0 radical (unpaired) electrons. The van der Waals surface area contributed by atoms with Gasteiger partial charge in [-0.1, -0.05) is 6.92 Å². The van der Waals surface area contributed by atoms with Crippen molar-refractivity contribution in [3.63, 3.8) is 0 Å². The second-order valence-corrected chi connectivity index (χ2v) is 4.73. The van der Waals surface area contributed by atoms with Crippen molar-refractivity contribution in [2.75, 3.05) is 5.75 Å². The molecule has 0 aromatic carbocycles. The summed E-state index contributed by atoms with van der Waals surface area (Å²) >= 11 is 4.05. The summed E-state index contributed by atoms with van der Waals surface area (Å²) in [7, 11) is -3.75. The lowest BCUT2D eigenvalue weighted by atomic mass is 10.3. The van der Waals surface area contributed by atoms with Crippen LogP contribution in [0.15, 0.2) is 0 Å². The smallest absolute Gasteiger partial charge is 0.264 e. The van der Waals surface area contributed by atoms with Gasteiger partial charge in [-0.15, -0.1) is 0 Å². The first kappa shape index (κ1) is 10.3. The van der Waals surface area contributed by atoms with E-state index in [1.54, 1.807) is 0 Å². The molecule has 0 aromatic rings. The van der Waals surface area contributed by atoms with Gasteiger partial charge in [-0.05, 0) is 18.1 Å². The van der Waals surface area contributed by atoms with Crippen molar-refractivity contribution in [3.8, 4) is 0 Å². The van der Waals surface area contributed by atoms with Crippen LogP contribution in [-0.2, 0) is 10.1 Å². The average molecular weight is 184 g/mol. The van der Waals surface area contributed by atoms with Gasteiger partial charge in [-0.25, -0.2) is 0 Å². The van der Waals surface area contributed by atoms with Gasteiger partial charge in [0.05, 0.1) is 5.75 Å². The summed E-state index contributed by atoms with van der Waals surface area (Å²) in [6.07, 6.45) is 1.19. The number of hydrogen-bond acceptors (Lipinski definition) is 3. The maximum atomic E-state index is 10.1. The van der Waals surface area contributed by atoms with E-state index in [-0.39, 0.29) is 11.0 Å². The molecule has 0 spiro atoms. The quantitative estimate of drug-likeness (QED) is 0.505. The Hall–Kier alpha value is 0.260. The Bertz CT molecular complexity index is 171. The molecule has 1 unspecified atom stereocenters. The third-order valence-electron chi connectivity index (χ3n) is 1.02. The van der Waals surface area contributed by atoms with Gasteiger partial charge in [0.25, 0.3) is 10.1 Å². The molecule has 0 aliphatic heterocycles. The maximum absolute atomic E-state index is 10.1. The minimum Gasteiger partial charge on any atom is -0.286 e. The van der Waals surface area contributed by atoms with Crippen LogP contribution in [0.1, 0.15) is 19.8 Å². The molecule has 10 heavy (non-hydrogen) atoms.